The third-order valence-electron chi connectivity index (χ3n) is 4.91. The summed E-state index contributed by atoms with van der Waals surface area (Å²) in [7, 11) is 3.08. The zero-order chi connectivity index (χ0) is 25.5. The molecule has 2 atom stereocenters. The lowest BCUT2D eigenvalue weighted by Gasteiger charge is -2.31. The summed E-state index contributed by atoms with van der Waals surface area (Å²) < 4.78 is 10.4. The highest BCUT2D eigenvalue weighted by molar-refractivity contribution is 7.80. The highest BCUT2D eigenvalue weighted by Crippen LogP contribution is 2.24. The monoisotopic (exact) mass is 487 g/mol. The Hall–Kier alpha value is -3.20. The third-order valence-corrected chi connectivity index (χ3v) is 5.27. The van der Waals surface area contributed by atoms with E-state index in [1.807, 2.05) is 19.1 Å². The molecule has 3 amide bonds. The van der Waals surface area contributed by atoms with Crippen LogP contribution in [0, 0.1) is 6.92 Å². The number of carbonyl (C=O) groups is 3. The quantitative estimate of drug-likeness (QED) is 0.490. The molecule has 34 heavy (non-hydrogen) atoms. The first-order valence-electron chi connectivity index (χ1n) is 10.8. The Balaban J connectivity index is 2.29. The summed E-state index contributed by atoms with van der Waals surface area (Å²) in [6.45, 7) is 7.13. The number of alkyl carbamates (subject to hydrolysis) is 1. The van der Waals surface area contributed by atoms with Gasteiger partial charge in [-0.05, 0) is 57.5 Å². The van der Waals surface area contributed by atoms with E-state index in [2.05, 4.69) is 23.3 Å². The Bertz CT molecular complexity index is 987. The van der Waals surface area contributed by atoms with Crippen molar-refractivity contribution in [1.29, 1.82) is 0 Å². The minimum Gasteiger partial charge on any atom is -0.497 e. The van der Waals surface area contributed by atoms with Gasteiger partial charge >= 0.3 is 6.09 Å². The molecule has 2 unspecified atom stereocenters. The topological polar surface area (TPSA) is 97.0 Å². The number of aryl methyl sites for hydroxylation is 1. The number of nitrogens with zero attached hydrogens (tertiary/aromatic N) is 1. The first-order chi connectivity index (χ1) is 15.9. The van der Waals surface area contributed by atoms with Gasteiger partial charge in [0.25, 0.3) is 5.91 Å². The van der Waals surface area contributed by atoms with Crippen LogP contribution in [0.15, 0.2) is 48.5 Å². The van der Waals surface area contributed by atoms with E-state index in [1.165, 1.54) is 11.9 Å². The number of amides is 3. The molecule has 0 heterocycles. The molecule has 2 aromatic rings. The average molecular weight is 488 g/mol. The summed E-state index contributed by atoms with van der Waals surface area (Å²) in [5.74, 6) is -0.190. The number of benzene rings is 2. The second-order valence-electron chi connectivity index (χ2n) is 8.86. The van der Waals surface area contributed by atoms with Gasteiger partial charge in [-0.15, -0.1) is 0 Å². The minimum atomic E-state index is -0.982. The molecule has 8 nitrogen and oxygen atoms in total. The normalized spacial score (nSPS) is 12.8. The van der Waals surface area contributed by atoms with Crippen LogP contribution in [-0.2, 0) is 14.3 Å². The molecule has 184 valence electrons. The Morgan fingerprint density at radius 3 is 2.12 bits per heavy atom. The predicted molar refractivity (Wildman–Crippen MR) is 135 cm³/mol. The van der Waals surface area contributed by atoms with Gasteiger partial charge in [0, 0.05) is 18.5 Å². The van der Waals surface area contributed by atoms with Crippen molar-refractivity contribution in [3.63, 3.8) is 0 Å². The lowest BCUT2D eigenvalue weighted by molar-refractivity contribution is -0.138. The van der Waals surface area contributed by atoms with Gasteiger partial charge in [0.2, 0.25) is 5.91 Å². The summed E-state index contributed by atoms with van der Waals surface area (Å²) >= 11 is 4.23. The number of anilines is 1. The Kier molecular flexibility index (Phi) is 9.37. The van der Waals surface area contributed by atoms with E-state index in [-0.39, 0.29) is 5.75 Å². The lowest BCUT2D eigenvalue weighted by atomic mass is 10.0. The second-order valence-corrected chi connectivity index (χ2v) is 9.23. The molecule has 2 N–H and O–H groups in total. The second kappa shape index (κ2) is 11.8. The summed E-state index contributed by atoms with van der Waals surface area (Å²) in [5.41, 5.74) is 1.49. The number of thiol groups is 1. The maximum atomic E-state index is 13.4. The van der Waals surface area contributed by atoms with Crippen LogP contribution in [0.3, 0.4) is 0 Å². The Morgan fingerprint density at radius 1 is 1.03 bits per heavy atom. The predicted octanol–water partition coefficient (Wildman–Crippen LogP) is 3.96. The van der Waals surface area contributed by atoms with Crippen molar-refractivity contribution in [3.05, 3.63) is 59.7 Å². The largest absolute Gasteiger partial charge is 0.497 e. The smallest absolute Gasteiger partial charge is 0.408 e. The van der Waals surface area contributed by atoms with Crippen LogP contribution in [0.5, 0.6) is 5.75 Å². The van der Waals surface area contributed by atoms with Crippen LogP contribution < -0.4 is 15.4 Å². The lowest BCUT2D eigenvalue weighted by Crippen LogP contribution is -2.52. The van der Waals surface area contributed by atoms with Gasteiger partial charge in [-0.3, -0.25) is 9.59 Å². The average Bonchev–Trinajstić information content (AvgIpc) is 2.77. The molecule has 2 rings (SSSR count). The fourth-order valence-corrected chi connectivity index (χ4v) is 3.44. The molecule has 0 aliphatic carbocycles. The van der Waals surface area contributed by atoms with Crippen molar-refractivity contribution in [2.75, 3.05) is 25.2 Å². The van der Waals surface area contributed by atoms with Crippen LogP contribution in [0.2, 0.25) is 0 Å². The van der Waals surface area contributed by atoms with Gasteiger partial charge in [-0.25, -0.2) is 4.79 Å². The molecule has 0 aliphatic rings. The van der Waals surface area contributed by atoms with E-state index >= 15 is 0 Å². The van der Waals surface area contributed by atoms with Crippen LogP contribution >= 0.6 is 12.6 Å². The first kappa shape index (κ1) is 27.0. The van der Waals surface area contributed by atoms with Crippen LogP contribution in [0.1, 0.15) is 37.9 Å². The summed E-state index contributed by atoms with van der Waals surface area (Å²) in [6, 6.07) is 12.3. The van der Waals surface area contributed by atoms with Crippen LogP contribution in [0.25, 0.3) is 0 Å². The molecule has 0 aliphatic heterocycles. The number of ether oxygens (including phenoxy) is 2. The highest BCUT2D eigenvalue weighted by Gasteiger charge is 2.33. The SMILES string of the molecule is COc1ccc(NC(=O)C(c2ccc(C)cc2)N(C)C(=O)C(CS)NC(=O)OC(C)(C)C)cc1. The van der Waals surface area contributed by atoms with Crippen molar-refractivity contribution in [1.82, 2.24) is 10.2 Å². The van der Waals surface area contributed by atoms with Gasteiger partial charge in [0.1, 0.15) is 23.4 Å². The number of rotatable bonds is 8. The number of hydrogen-bond donors (Lipinski definition) is 3. The number of methoxy groups -OCH3 is 1. The van der Waals surface area contributed by atoms with Crippen molar-refractivity contribution in [3.8, 4) is 5.75 Å². The van der Waals surface area contributed by atoms with E-state index in [4.69, 9.17) is 9.47 Å². The van der Waals surface area contributed by atoms with E-state index < -0.39 is 35.6 Å². The van der Waals surface area contributed by atoms with Crippen LogP contribution in [-0.4, -0.2) is 54.4 Å². The van der Waals surface area contributed by atoms with Gasteiger partial charge in [-0.2, -0.15) is 12.6 Å². The molecule has 2 aromatic carbocycles. The Labute approximate surface area is 206 Å². The molecule has 0 saturated carbocycles. The van der Waals surface area contributed by atoms with Crippen molar-refractivity contribution < 1.29 is 23.9 Å². The first-order valence-corrected chi connectivity index (χ1v) is 11.5. The van der Waals surface area contributed by atoms with E-state index in [0.717, 1.165) is 5.56 Å². The van der Waals surface area contributed by atoms with E-state index in [9.17, 15) is 14.4 Å². The fraction of sp³-hybridized carbons (Fsp3) is 0.400. The number of carbonyl (C=O) groups excluding carboxylic acids is 3. The number of likely N-dealkylation sites (N-methyl/N-ethyl adjacent to an activating group) is 1. The molecule has 0 spiro atoms. The molecule has 0 aromatic heterocycles. The number of hydrogen-bond acceptors (Lipinski definition) is 6. The molecular formula is C25H33N3O5S. The minimum absolute atomic E-state index is 0.0309. The summed E-state index contributed by atoms with van der Waals surface area (Å²) in [6.07, 6.45) is -0.733. The highest BCUT2D eigenvalue weighted by atomic mass is 32.1. The Morgan fingerprint density at radius 2 is 1.62 bits per heavy atom. The van der Waals surface area contributed by atoms with Gasteiger partial charge in [-0.1, -0.05) is 29.8 Å². The summed E-state index contributed by atoms with van der Waals surface area (Å²) in [5, 5.41) is 5.40. The summed E-state index contributed by atoms with van der Waals surface area (Å²) in [4.78, 5) is 40.2. The van der Waals surface area contributed by atoms with E-state index in [0.29, 0.717) is 17.0 Å². The number of nitrogens with one attached hydrogen (secondary N) is 2. The van der Waals surface area contributed by atoms with Crippen molar-refractivity contribution in [2.24, 2.45) is 0 Å². The molecule has 0 radical (unpaired) electrons. The van der Waals surface area contributed by atoms with E-state index in [1.54, 1.807) is 64.3 Å². The molecule has 0 bridgehead atoms. The molecule has 0 fully saturated rings. The fourth-order valence-electron chi connectivity index (χ4n) is 3.19. The van der Waals surface area contributed by atoms with Gasteiger partial charge < -0.3 is 25.0 Å². The maximum absolute atomic E-state index is 13.4. The third kappa shape index (κ3) is 7.69. The standard InChI is InChI=1S/C25H33N3O5S/c1-16-7-9-17(10-8-16)21(22(29)26-18-11-13-19(32-6)14-12-18)28(5)23(30)20(15-34)27-24(31)33-25(2,3)4/h7-14,20-21,34H,15H2,1-6H3,(H,26,29)(H,27,31). The van der Waals surface area contributed by atoms with Crippen molar-refractivity contribution in [2.45, 2.75) is 45.4 Å². The molecule has 0 saturated heterocycles. The maximum Gasteiger partial charge on any atom is 0.408 e. The zero-order valence-electron chi connectivity index (χ0n) is 20.4. The van der Waals surface area contributed by atoms with Gasteiger partial charge in [0.05, 0.1) is 7.11 Å². The van der Waals surface area contributed by atoms with Crippen LogP contribution in [0.4, 0.5) is 10.5 Å². The van der Waals surface area contributed by atoms with Crippen molar-refractivity contribution >= 4 is 36.2 Å². The van der Waals surface area contributed by atoms with Gasteiger partial charge in [0.15, 0.2) is 0 Å². The zero-order valence-corrected chi connectivity index (χ0v) is 21.3. The molecular weight excluding hydrogens is 454 g/mol. The molecule has 9 heteroatoms.